The molecule has 11 nitrogen and oxygen atoms in total. The number of hydrogen-bond donors (Lipinski definition) is 1. The molecule has 0 spiro atoms. The van der Waals surface area contributed by atoms with E-state index in [0.29, 0.717) is 35.0 Å². The molecule has 15 heteroatoms. The van der Waals surface area contributed by atoms with Gasteiger partial charge in [0.1, 0.15) is 27.9 Å². The van der Waals surface area contributed by atoms with Crippen molar-refractivity contribution in [3.05, 3.63) is 122 Å². The predicted octanol–water partition coefficient (Wildman–Crippen LogP) is 8.00. The minimum absolute atomic E-state index is 0.0127. The maximum Gasteiger partial charge on any atom is 0.343 e. The minimum atomic E-state index is -4.31. The summed E-state index contributed by atoms with van der Waals surface area (Å²) in [5.74, 6) is 1.93. The van der Waals surface area contributed by atoms with Crippen LogP contribution in [0.25, 0.3) is 0 Å². The third-order valence-corrected chi connectivity index (χ3v) is 10.9. The van der Waals surface area contributed by atoms with Crippen LogP contribution in [0.3, 0.4) is 0 Å². The second-order valence-electron chi connectivity index (χ2n) is 10.9. The van der Waals surface area contributed by atoms with Crippen LogP contribution in [0.4, 0.5) is 11.4 Å². The molecule has 0 aliphatic heterocycles. The Morgan fingerprint density at radius 1 is 0.849 bits per heavy atom. The summed E-state index contributed by atoms with van der Waals surface area (Å²) in [6.07, 6.45) is 5.20. The van der Waals surface area contributed by atoms with Crippen LogP contribution in [0.2, 0.25) is 9.36 Å². The third-order valence-electron chi connectivity index (χ3n) is 7.48. The second-order valence-corrected chi connectivity index (χ2v) is 15.0. The van der Waals surface area contributed by atoms with Crippen LogP contribution in [-0.2, 0) is 10.0 Å². The number of esters is 1. The molecule has 0 fully saturated rings. The summed E-state index contributed by atoms with van der Waals surface area (Å²) in [7, 11) is -1.55. The average Bonchev–Trinajstić information content (AvgIpc) is 3.56. The van der Waals surface area contributed by atoms with Crippen molar-refractivity contribution in [1.82, 2.24) is 0 Å². The van der Waals surface area contributed by atoms with Gasteiger partial charge in [-0.3, -0.25) is 13.9 Å². The summed E-state index contributed by atoms with van der Waals surface area (Å²) in [4.78, 5) is 39.0. The van der Waals surface area contributed by atoms with Gasteiger partial charge in [-0.05, 0) is 91.9 Å². The lowest BCUT2D eigenvalue weighted by Crippen LogP contribution is -2.28. The number of hydrogen-bond acceptors (Lipinski definition) is 10. The van der Waals surface area contributed by atoms with Gasteiger partial charge in [-0.1, -0.05) is 29.1 Å². The number of carbonyl (C=O) groups excluding carboxylic acids is 3. The smallest absolute Gasteiger partial charge is 0.343 e. The van der Waals surface area contributed by atoms with E-state index < -0.39 is 21.9 Å². The molecule has 5 aromatic rings. The fourth-order valence-corrected chi connectivity index (χ4v) is 8.02. The molecular formula is C38H30Cl2N2O9S2. The number of halogens is 2. The lowest BCUT2D eigenvalue weighted by molar-refractivity contribution is 0.0734. The fraction of sp³-hybridized carbons (Fsp3) is 0.132. The first-order chi connectivity index (χ1) is 25.3. The second kappa shape index (κ2) is 16.9. The molecule has 0 aliphatic carbocycles. The Labute approximate surface area is 320 Å². The van der Waals surface area contributed by atoms with Crippen LogP contribution < -0.4 is 28.6 Å². The molecule has 1 aromatic heterocycles. The largest absolute Gasteiger partial charge is 0.493 e. The maximum absolute atomic E-state index is 13.8. The Kier molecular flexibility index (Phi) is 12.3. The molecule has 0 aliphatic rings. The highest BCUT2D eigenvalue weighted by atomic mass is 35.5. The van der Waals surface area contributed by atoms with E-state index in [0.717, 1.165) is 15.6 Å². The van der Waals surface area contributed by atoms with Crippen molar-refractivity contribution in [1.29, 1.82) is 0 Å². The Morgan fingerprint density at radius 2 is 1.51 bits per heavy atom. The number of amides is 1. The molecule has 53 heavy (non-hydrogen) atoms. The van der Waals surface area contributed by atoms with Gasteiger partial charge in [0.2, 0.25) is 0 Å². The first kappa shape index (κ1) is 38.7. The van der Waals surface area contributed by atoms with Crippen molar-refractivity contribution in [3.63, 3.8) is 0 Å². The van der Waals surface area contributed by atoms with Crippen molar-refractivity contribution >= 4 is 73.6 Å². The summed E-state index contributed by atoms with van der Waals surface area (Å²) in [5.41, 5.74) is 1.10. The Balaban J connectivity index is 1.29. The number of thiophene rings is 1. The molecule has 1 N–H and O–H groups in total. The predicted molar refractivity (Wildman–Crippen MR) is 204 cm³/mol. The zero-order valence-corrected chi connectivity index (χ0v) is 31.5. The minimum Gasteiger partial charge on any atom is -0.493 e. The molecule has 0 saturated heterocycles. The zero-order valence-electron chi connectivity index (χ0n) is 28.3. The molecule has 0 radical (unpaired) electrons. The number of nitrogens with one attached hydrogen (secondary N) is 1. The molecule has 1 heterocycles. The van der Waals surface area contributed by atoms with Crippen molar-refractivity contribution in [2.24, 2.45) is 0 Å². The standard InChI is InChI=1S/C38H30Cl2N2O9S2/c1-5-17-50-29-12-7-23(8-13-29)35(43)24-9-14-30(15-10-24)51-38(45)25-18-26(39)20-27(19-25)41-37(44)36-33(22-34(40)52-36)53(46,47)42(3)28-11-16-31(49-6-2)32(21-28)48-4/h1,7-16,18-22H,6,17H2,2-4H3,(H,41,44). The Morgan fingerprint density at radius 3 is 2.13 bits per heavy atom. The molecule has 0 bridgehead atoms. The molecule has 5 rings (SSSR count). The number of benzene rings is 4. The summed E-state index contributed by atoms with van der Waals surface area (Å²) in [6, 6.07) is 22.3. The lowest BCUT2D eigenvalue weighted by Gasteiger charge is -2.21. The van der Waals surface area contributed by atoms with Gasteiger partial charge in [0, 0.05) is 35.0 Å². The molecular weight excluding hydrogens is 763 g/mol. The number of carbonyl (C=O) groups is 3. The summed E-state index contributed by atoms with van der Waals surface area (Å²) >= 11 is 13.3. The molecule has 4 aromatic carbocycles. The van der Waals surface area contributed by atoms with E-state index in [1.807, 2.05) is 0 Å². The van der Waals surface area contributed by atoms with Crippen LogP contribution in [0.15, 0.2) is 95.9 Å². The number of terminal acetylenes is 1. The van der Waals surface area contributed by atoms with Gasteiger partial charge in [0.25, 0.3) is 15.9 Å². The van der Waals surface area contributed by atoms with Gasteiger partial charge in [0.05, 0.1) is 29.3 Å². The number of sulfonamides is 1. The van der Waals surface area contributed by atoms with Gasteiger partial charge < -0.3 is 24.3 Å². The van der Waals surface area contributed by atoms with Gasteiger partial charge in [-0.2, -0.15) is 0 Å². The van der Waals surface area contributed by atoms with Gasteiger partial charge in [-0.25, -0.2) is 13.2 Å². The molecule has 0 atom stereocenters. The van der Waals surface area contributed by atoms with E-state index >= 15 is 0 Å². The molecule has 0 saturated carbocycles. The number of nitrogens with zero attached hydrogens (tertiary/aromatic N) is 1. The van der Waals surface area contributed by atoms with Crippen molar-refractivity contribution < 1.29 is 41.7 Å². The average molecular weight is 794 g/mol. The topological polar surface area (TPSA) is 138 Å². The summed E-state index contributed by atoms with van der Waals surface area (Å²) in [6.45, 7) is 2.30. The highest BCUT2D eigenvalue weighted by Crippen LogP contribution is 2.37. The van der Waals surface area contributed by atoms with Crippen molar-refractivity contribution in [3.8, 4) is 35.3 Å². The fourth-order valence-electron chi connectivity index (χ4n) is 4.91. The van der Waals surface area contributed by atoms with Gasteiger partial charge in [0.15, 0.2) is 17.3 Å². The quantitative estimate of drug-likeness (QED) is 0.0513. The first-order valence-corrected chi connectivity index (χ1v) is 18.6. The third kappa shape index (κ3) is 9.11. The number of ether oxygens (including phenoxy) is 4. The van der Waals surface area contributed by atoms with E-state index in [4.69, 9.17) is 48.6 Å². The number of rotatable bonds is 14. The summed E-state index contributed by atoms with van der Waals surface area (Å²) < 4.78 is 50.3. The van der Waals surface area contributed by atoms with Crippen molar-refractivity contribution in [2.75, 3.05) is 37.0 Å². The van der Waals surface area contributed by atoms with Gasteiger partial charge >= 0.3 is 5.97 Å². The van der Waals surface area contributed by atoms with Crippen LogP contribution in [-0.4, -0.2) is 53.4 Å². The van der Waals surface area contributed by atoms with Crippen LogP contribution in [0.5, 0.6) is 23.0 Å². The van der Waals surface area contributed by atoms with E-state index in [2.05, 4.69) is 11.2 Å². The highest BCUT2D eigenvalue weighted by molar-refractivity contribution is 7.93. The zero-order chi connectivity index (χ0) is 38.3. The number of methoxy groups -OCH3 is 1. The SMILES string of the molecule is C#CCOc1ccc(C(=O)c2ccc(OC(=O)c3cc(Cl)cc(NC(=O)c4sc(Cl)cc4S(=O)(=O)N(C)c4ccc(OCC)c(OC)c4)c3)cc2)cc1. The molecule has 0 unspecified atom stereocenters. The Bertz CT molecular complexity index is 2320. The molecule has 272 valence electrons. The van der Waals surface area contributed by atoms with E-state index in [1.54, 1.807) is 43.3 Å². The number of anilines is 2. The first-order valence-electron chi connectivity index (χ1n) is 15.6. The maximum atomic E-state index is 13.8. The molecule has 1 amide bonds. The van der Waals surface area contributed by atoms with Gasteiger partial charge in [-0.15, -0.1) is 17.8 Å². The van der Waals surface area contributed by atoms with Crippen LogP contribution in [0.1, 0.15) is 42.9 Å². The summed E-state index contributed by atoms with van der Waals surface area (Å²) in [5, 5.41) is 2.69. The van der Waals surface area contributed by atoms with Crippen LogP contribution >= 0.6 is 34.5 Å². The van der Waals surface area contributed by atoms with E-state index in [1.165, 1.54) is 68.8 Å². The normalized spacial score (nSPS) is 10.9. The van der Waals surface area contributed by atoms with E-state index in [-0.39, 0.29) is 54.2 Å². The van der Waals surface area contributed by atoms with Crippen LogP contribution in [0, 0.1) is 12.3 Å². The van der Waals surface area contributed by atoms with Crippen molar-refractivity contribution in [2.45, 2.75) is 11.8 Å². The highest BCUT2D eigenvalue weighted by Gasteiger charge is 2.31. The lowest BCUT2D eigenvalue weighted by atomic mass is 10.0. The Hall–Kier alpha value is -5.52. The number of ketones is 1. The van der Waals surface area contributed by atoms with E-state index in [9.17, 15) is 22.8 Å². The monoisotopic (exact) mass is 792 g/mol.